The van der Waals surface area contributed by atoms with Crippen LogP contribution >= 0.6 is 0 Å². The first-order chi connectivity index (χ1) is 9.20. The van der Waals surface area contributed by atoms with E-state index in [-0.39, 0.29) is 5.97 Å². The molecular weight excluding hydrogens is 256 g/mol. The smallest absolute Gasteiger partial charge is 0.330 e. The van der Waals surface area contributed by atoms with Crippen LogP contribution in [0.2, 0.25) is 0 Å². The lowest BCUT2D eigenvalue weighted by molar-refractivity contribution is -0.138. The Hall–Kier alpha value is -1.58. The number of rotatable bonds is 8. The van der Waals surface area contributed by atoms with E-state index in [1.165, 1.54) is 6.08 Å². The molecular formula is C16H28O4. The van der Waals surface area contributed by atoms with E-state index in [2.05, 4.69) is 40.9 Å². The van der Waals surface area contributed by atoms with Gasteiger partial charge in [-0.25, -0.2) is 9.59 Å². The van der Waals surface area contributed by atoms with Crippen molar-refractivity contribution in [3.63, 3.8) is 0 Å². The van der Waals surface area contributed by atoms with Crippen molar-refractivity contribution in [1.82, 2.24) is 0 Å². The number of esters is 1. The third-order valence-corrected chi connectivity index (χ3v) is 2.43. The lowest BCUT2D eigenvalue weighted by Gasteiger charge is -2.03. The summed E-state index contributed by atoms with van der Waals surface area (Å²) in [5.74, 6) is -0.0741. The van der Waals surface area contributed by atoms with Crippen molar-refractivity contribution in [3.8, 4) is 0 Å². The van der Waals surface area contributed by atoms with Crippen molar-refractivity contribution in [1.29, 1.82) is 0 Å². The van der Waals surface area contributed by atoms with Crippen LogP contribution in [0.5, 0.6) is 0 Å². The van der Waals surface area contributed by atoms with Gasteiger partial charge in [-0.1, -0.05) is 40.9 Å². The minimum Gasteiger partial charge on any atom is -0.478 e. The zero-order valence-electron chi connectivity index (χ0n) is 13.1. The third kappa shape index (κ3) is 16.4. The Balaban J connectivity index is 0. The molecule has 20 heavy (non-hydrogen) atoms. The standard InChI is InChI=1S/2C8H14O2/c1-6(2)4-5-7(3)8(9)10;1-4-8(9)10-6-5-7(2)3/h6H,3-5H2,1-2H3,(H,9,10);4,7H,1,5-6H2,2-3H3. The SMILES string of the molecule is C=C(CCC(C)C)C(=O)O.C=CC(=O)OCCC(C)C. The van der Waals surface area contributed by atoms with E-state index in [0.29, 0.717) is 30.4 Å². The van der Waals surface area contributed by atoms with Crippen molar-refractivity contribution < 1.29 is 19.4 Å². The van der Waals surface area contributed by atoms with Gasteiger partial charge in [0, 0.05) is 11.6 Å². The molecule has 0 rings (SSSR count). The number of hydrogen-bond donors (Lipinski definition) is 1. The summed E-state index contributed by atoms with van der Waals surface area (Å²) in [6.07, 6.45) is 3.61. The summed E-state index contributed by atoms with van der Waals surface area (Å²) in [5.41, 5.74) is 0.314. The normalized spacial score (nSPS) is 9.70. The van der Waals surface area contributed by atoms with Crippen LogP contribution in [-0.2, 0) is 14.3 Å². The highest BCUT2D eigenvalue weighted by atomic mass is 16.5. The number of aliphatic carboxylic acids is 1. The van der Waals surface area contributed by atoms with E-state index in [1.807, 2.05) is 0 Å². The fourth-order valence-corrected chi connectivity index (χ4v) is 1.02. The van der Waals surface area contributed by atoms with Crippen molar-refractivity contribution in [2.75, 3.05) is 6.61 Å². The van der Waals surface area contributed by atoms with Gasteiger partial charge in [-0.2, -0.15) is 0 Å². The highest BCUT2D eigenvalue weighted by Gasteiger charge is 2.03. The van der Waals surface area contributed by atoms with Crippen LogP contribution in [0.3, 0.4) is 0 Å². The van der Waals surface area contributed by atoms with Crippen LogP contribution in [0, 0.1) is 11.8 Å². The minimum atomic E-state index is -0.874. The lowest BCUT2D eigenvalue weighted by atomic mass is 10.0. The molecule has 0 aromatic heterocycles. The largest absolute Gasteiger partial charge is 0.478 e. The highest BCUT2D eigenvalue weighted by Crippen LogP contribution is 2.09. The van der Waals surface area contributed by atoms with Crippen molar-refractivity contribution in [2.24, 2.45) is 11.8 Å². The van der Waals surface area contributed by atoms with E-state index in [4.69, 9.17) is 9.84 Å². The average Bonchev–Trinajstić information content (AvgIpc) is 2.35. The van der Waals surface area contributed by atoms with E-state index in [0.717, 1.165) is 12.8 Å². The Bertz CT molecular complexity index is 314. The number of ether oxygens (including phenoxy) is 1. The van der Waals surface area contributed by atoms with Gasteiger partial charge in [0.05, 0.1) is 6.61 Å². The molecule has 0 atom stereocenters. The predicted octanol–water partition coefficient (Wildman–Crippen LogP) is 3.83. The molecule has 0 aromatic rings. The van der Waals surface area contributed by atoms with Crippen LogP contribution < -0.4 is 0 Å². The molecule has 0 amide bonds. The molecule has 0 saturated heterocycles. The van der Waals surface area contributed by atoms with Gasteiger partial charge in [0.25, 0.3) is 0 Å². The molecule has 0 aromatic carbocycles. The first-order valence-corrected chi connectivity index (χ1v) is 6.90. The fraction of sp³-hybridized carbons (Fsp3) is 0.625. The molecule has 0 fully saturated rings. The maximum Gasteiger partial charge on any atom is 0.330 e. The van der Waals surface area contributed by atoms with Gasteiger partial charge in [-0.3, -0.25) is 0 Å². The van der Waals surface area contributed by atoms with Gasteiger partial charge in [0.1, 0.15) is 0 Å². The summed E-state index contributed by atoms with van der Waals surface area (Å²) in [5, 5.41) is 8.40. The molecule has 0 unspecified atom stereocenters. The second-order valence-corrected chi connectivity index (χ2v) is 5.40. The third-order valence-electron chi connectivity index (χ3n) is 2.43. The Labute approximate surface area is 122 Å². The maximum atomic E-state index is 10.5. The maximum absolute atomic E-state index is 10.5. The molecule has 0 spiro atoms. The van der Waals surface area contributed by atoms with E-state index < -0.39 is 5.97 Å². The molecule has 0 aliphatic carbocycles. The van der Waals surface area contributed by atoms with E-state index in [1.54, 1.807) is 0 Å². The molecule has 4 heteroatoms. The van der Waals surface area contributed by atoms with Crippen molar-refractivity contribution in [2.45, 2.75) is 47.0 Å². The molecule has 116 valence electrons. The molecule has 0 radical (unpaired) electrons. The van der Waals surface area contributed by atoms with Crippen molar-refractivity contribution >= 4 is 11.9 Å². The number of carboxylic acid groups (broad SMARTS) is 1. The van der Waals surface area contributed by atoms with Gasteiger partial charge in [0.15, 0.2) is 0 Å². The van der Waals surface area contributed by atoms with Crippen LogP contribution in [-0.4, -0.2) is 23.7 Å². The van der Waals surface area contributed by atoms with Gasteiger partial charge in [0.2, 0.25) is 0 Å². The summed E-state index contributed by atoms with van der Waals surface area (Å²) in [6, 6.07) is 0. The van der Waals surface area contributed by atoms with Crippen molar-refractivity contribution in [3.05, 3.63) is 24.8 Å². The number of hydrogen-bond acceptors (Lipinski definition) is 3. The first kappa shape index (κ1) is 20.7. The van der Waals surface area contributed by atoms with Gasteiger partial charge >= 0.3 is 11.9 Å². The second-order valence-electron chi connectivity index (χ2n) is 5.40. The Morgan fingerprint density at radius 2 is 1.65 bits per heavy atom. The summed E-state index contributed by atoms with van der Waals surface area (Å²) in [4.78, 5) is 20.7. The van der Waals surface area contributed by atoms with Gasteiger partial charge in [-0.15, -0.1) is 0 Å². The summed E-state index contributed by atoms with van der Waals surface area (Å²) >= 11 is 0. The number of carboxylic acids is 1. The van der Waals surface area contributed by atoms with E-state index >= 15 is 0 Å². The van der Waals surface area contributed by atoms with Crippen LogP contribution in [0.1, 0.15) is 47.0 Å². The molecule has 0 aliphatic rings. The number of carbonyl (C=O) groups excluding carboxylic acids is 1. The van der Waals surface area contributed by atoms with Crippen LogP contribution in [0.15, 0.2) is 24.8 Å². The average molecular weight is 284 g/mol. The predicted molar refractivity (Wildman–Crippen MR) is 81.5 cm³/mol. The molecule has 0 aliphatic heterocycles. The molecule has 0 bridgehead atoms. The summed E-state index contributed by atoms with van der Waals surface area (Å²) < 4.78 is 4.74. The zero-order chi connectivity index (χ0) is 16.1. The molecule has 1 N–H and O–H groups in total. The minimum absolute atomic E-state index is 0.314. The van der Waals surface area contributed by atoms with Crippen LogP contribution in [0.4, 0.5) is 0 Å². The summed E-state index contributed by atoms with van der Waals surface area (Å²) in [7, 11) is 0. The molecule has 0 saturated carbocycles. The van der Waals surface area contributed by atoms with Gasteiger partial charge < -0.3 is 9.84 Å². The molecule has 4 nitrogen and oxygen atoms in total. The quantitative estimate of drug-likeness (QED) is 0.543. The first-order valence-electron chi connectivity index (χ1n) is 6.90. The Morgan fingerprint density at radius 1 is 1.15 bits per heavy atom. The molecule has 0 heterocycles. The van der Waals surface area contributed by atoms with E-state index in [9.17, 15) is 9.59 Å². The van der Waals surface area contributed by atoms with Crippen LogP contribution in [0.25, 0.3) is 0 Å². The Kier molecular flexibility index (Phi) is 12.9. The monoisotopic (exact) mass is 284 g/mol. The van der Waals surface area contributed by atoms with Gasteiger partial charge in [-0.05, 0) is 31.1 Å². The number of carbonyl (C=O) groups is 2. The highest BCUT2D eigenvalue weighted by molar-refractivity contribution is 5.85. The fourth-order valence-electron chi connectivity index (χ4n) is 1.02. The zero-order valence-corrected chi connectivity index (χ0v) is 13.1. The topological polar surface area (TPSA) is 63.6 Å². The lowest BCUT2D eigenvalue weighted by Crippen LogP contribution is -2.03. The second kappa shape index (κ2) is 12.5. The Morgan fingerprint density at radius 3 is 2.00 bits per heavy atom. The summed E-state index contributed by atoms with van der Waals surface area (Å²) in [6.45, 7) is 15.5.